The Balaban J connectivity index is 2.10. The Morgan fingerprint density at radius 1 is 0.821 bits per heavy atom. The molecule has 0 saturated heterocycles. The third-order valence-electron chi connectivity index (χ3n) is 5.37. The highest BCUT2D eigenvalue weighted by Gasteiger charge is 2.24. The molecule has 8 nitrogen and oxygen atoms in total. The van der Waals surface area contributed by atoms with E-state index in [-0.39, 0.29) is 31.3 Å². The summed E-state index contributed by atoms with van der Waals surface area (Å²) in [5, 5.41) is 0. The van der Waals surface area contributed by atoms with Gasteiger partial charge in [0, 0.05) is 17.2 Å². The Hall–Kier alpha value is -4.07. The van der Waals surface area contributed by atoms with E-state index in [9.17, 15) is 14.4 Å². The van der Waals surface area contributed by atoms with Gasteiger partial charge in [-0.1, -0.05) is 6.08 Å². The summed E-state index contributed by atoms with van der Waals surface area (Å²) in [5.41, 5.74) is 0.660. The van der Waals surface area contributed by atoms with Crippen molar-refractivity contribution in [3.63, 3.8) is 0 Å². The Bertz CT molecular complexity index is 1190. The van der Waals surface area contributed by atoms with E-state index >= 15 is 0 Å². The minimum Gasteiger partial charge on any atom is -0.496 e. The summed E-state index contributed by atoms with van der Waals surface area (Å²) in [6.45, 7) is 13.9. The number of hydrogen-bond acceptors (Lipinski definition) is 8. The molecule has 2 aromatic rings. The number of benzene rings is 2. The van der Waals surface area contributed by atoms with Crippen molar-refractivity contribution < 1.29 is 38.1 Å². The zero-order chi connectivity index (χ0) is 29.2. The van der Waals surface area contributed by atoms with Crippen LogP contribution in [0.5, 0.6) is 17.2 Å². The van der Waals surface area contributed by atoms with E-state index in [0.717, 1.165) is 5.56 Å². The van der Waals surface area contributed by atoms with Crippen molar-refractivity contribution >= 4 is 23.8 Å². The summed E-state index contributed by atoms with van der Waals surface area (Å²) in [6.07, 6.45) is 5.33. The lowest BCUT2D eigenvalue weighted by molar-refractivity contribution is -0.160. The molecule has 0 aliphatic rings. The Morgan fingerprint density at radius 3 is 1.90 bits per heavy atom. The Labute approximate surface area is 230 Å². The summed E-state index contributed by atoms with van der Waals surface area (Å²) in [7, 11) is 1.52. The van der Waals surface area contributed by atoms with Crippen LogP contribution in [0.4, 0.5) is 0 Å². The normalized spacial score (nSPS) is 11.6. The van der Waals surface area contributed by atoms with Gasteiger partial charge in [0.1, 0.15) is 17.2 Å². The molecule has 0 saturated carbocycles. The molecule has 0 N–H and O–H groups in total. The smallest absolute Gasteiger partial charge is 0.314 e. The largest absolute Gasteiger partial charge is 0.496 e. The third kappa shape index (κ3) is 9.63. The first kappa shape index (κ1) is 31.1. The maximum atomic E-state index is 12.8. The van der Waals surface area contributed by atoms with Crippen LogP contribution in [0, 0.1) is 10.8 Å². The predicted molar refractivity (Wildman–Crippen MR) is 149 cm³/mol. The monoisotopic (exact) mass is 538 g/mol. The van der Waals surface area contributed by atoms with Gasteiger partial charge in [-0.3, -0.25) is 14.4 Å². The Kier molecular flexibility index (Phi) is 10.9. The van der Waals surface area contributed by atoms with Crippen LogP contribution in [0.15, 0.2) is 55.1 Å². The first-order valence-electron chi connectivity index (χ1n) is 12.5. The highest BCUT2D eigenvalue weighted by Crippen LogP contribution is 2.31. The quantitative estimate of drug-likeness (QED) is 0.104. The number of esters is 2. The van der Waals surface area contributed by atoms with E-state index in [2.05, 4.69) is 6.58 Å². The van der Waals surface area contributed by atoms with Crippen molar-refractivity contribution in [2.75, 3.05) is 20.7 Å². The second kappa shape index (κ2) is 13.6. The van der Waals surface area contributed by atoms with Gasteiger partial charge in [-0.25, -0.2) is 0 Å². The topological polar surface area (TPSA) is 97.4 Å². The van der Waals surface area contributed by atoms with Crippen molar-refractivity contribution in [2.45, 2.75) is 48.0 Å². The van der Waals surface area contributed by atoms with Crippen LogP contribution >= 0.6 is 0 Å². The zero-order valence-corrected chi connectivity index (χ0v) is 23.8. The van der Waals surface area contributed by atoms with Crippen molar-refractivity contribution in [2.24, 2.45) is 10.8 Å². The first-order valence-corrected chi connectivity index (χ1v) is 12.5. The van der Waals surface area contributed by atoms with Crippen molar-refractivity contribution in [3.05, 3.63) is 71.8 Å². The molecule has 8 heteroatoms. The van der Waals surface area contributed by atoms with Crippen LogP contribution in [0.2, 0.25) is 0 Å². The number of ether oxygens (including phenoxy) is 5. The highest BCUT2D eigenvalue weighted by atomic mass is 16.7. The average Bonchev–Trinajstić information content (AvgIpc) is 2.87. The number of carbonyl (C=O) groups excluding carboxylic acids is 3. The SMILES string of the molecule is C=CCc1cc(/C=C/C(=O)c2ccc(OCOC(=O)C(C)(C)C)cc2)c(OC)cc1OCOC(=O)C(C)(C)C. The molecule has 39 heavy (non-hydrogen) atoms. The van der Waals surface area contributed by atoms with Crippen LogP contribution in [0.25, 0.3) is 6.08 Å². The molecule has 2 aromatic carbocycles. The number of methoxy groups -OCH3 is 1. The molecule has 0 bridgehead atoms. The molecule has 2 rings (SSSR count). The Morgan fingerprint density at radius 2 is 1.38 bits per heavy atom. The maximum Gasteiger partial charge on any atom is 0.314 e. The lowest BCUT2D eigenvalue weighted by Crippen LogP contribution is -2.24. The van der Waals surface area contributed by atoms with E-state index in [1.54, 1.807) is 84.0 Å². The number of ketones is 1. The van der Waals surface area contributed by atoms with E-state index < -0.39 is 10.8 Å². The van der Waals surface area contributed by atoms with Crippen molar-refractivity contribution in [1.29, 1.82) is 0 Å². The van der Waals surface area contributed by atoms with Gasteiger partial charge >= 0.3 is 11.9 Å². The molecule has 0 aromatic heterocycles. The van der Waals surface area contributed by atoms with Crippen LogP contribution in [-0.4, -0.2) is 38.4 Å². The third-order valence-corrected chi connectivity index (χ3v) is 5.37. The van der Waals surface area contributed by atoms with Crippen LogP contribution < -0.4 is 14.2 Å². The molecular weight excluding hydrogens is 500 g/mol. The molecule has 0 fully saturated rings. The fraction of sp³-hybridized carbons (Fsp3) is 0.387. The average molecular weight is 539 g/mol. The summed E-state index contributed by atoms with van der Waals surface area (Å²) in [5.74, 6) is 0.480. The van der Waals surface area contributed by atoms with Gasteiger partial charge in [-0.05, 0) is 96.0 Å². The minimum absolute atomic E-state index is 0.213. The standard InChI is InChI=1S/C31H38O8/c1-9-10-22-17-23(26(35-8)18-27(22)37-20-39-29(34)31(5,6)7)13-16-25(32)21-11-14-24(15-12-21)36-19-38-28(33)30(2,3)4/h9,11-18H,1,10,19-20H2,2-8H3/b16-13+. The number of allylic oxidation sites excluding steroid dienone is 2. The molecule has 0 aliphatic carbocycles. The summed E-state index contributed by atoms with van der Waals surface area (Å²) < 4.78 is 27.0. The van der Waals surface area contributed by atoms with Crippen LogP contribution in [0.1, 0.15) is 63.0 Å². The van der Waals surface area contributed by atoms with E-state index in [1.165, 1.54) is 13.2 Å². The van der Waals surface area contributed by atoms with E-state index in [0.29, 0.717) is 34.8 Å². The van der Waals surface area contributed by atoms with Gasteiger partial charge in [-0.2, -0.15) is 0 Å². The zero-order valence-electron chi connectivity index (χ0n) is 23.8. The lowest BCUT2D eigenvalue weighted by atomic mass is 9.97. The van der Waals surface area contributed by atoms with Gasteiger partial charge in [0.25, 0.3) is 0 Å². The van der Waals surface area contributed by atoms with Gasteiger partial charge < -0.3 is 23.7 Å². The van der Waals surface area contributed by atoms with Crippen molar-refractivity contribution in [1.82, 2.24) is 0 Å². The van der Waals surface area contributed by atoms with Gasteiger partial charge in [0.05, 0.1) is 17.9 Å². The van der Waals surface area contributed by atoms with Crippen LogP contribution in [-0.2, 0) is 25.5 Å². The highest BCUT2D eigenvalue weighted by molar-refractivity contribution is 6.07. The van der Waals surface area contributed by atoms with Gasteiger partial charge in [0.15, 0.2) is 5.78 Å². The molecule has 0 radical (unpaired) electrons. The molecule has 0 amide bonds. The fourth-order valence-corrected chi connectivity index (χ4v) is 3.09. The van der Waals surface area contributed by atoms with Gasteiger partial charge in [-0.15, -0.1) is 6.58 Å². The summed E-state index contributed by atoms with van der Waals surface area (Å²) >= 11 is 0. The maximum absolute atomic E-state index is 12.8. The molecule has 0 atom stereocenters. The number of carbonyl (C=O) groups is 3. The molecule has 0 aliphatic heterocycles. The molecule has 210 valence electrons. The van der Waals surface area contributed by atoms with E-state index in [1.807, 2.05) is 6.07 Å². The molecule has 0 unspecified atom stereocenters. The fourth-order valence-electron chi connectivity index (χ4n) is 3.09. The van der Waals surface area contributed by atoms with E-state index in [4.69, 9.17) is 23.7 Å². The van der Waals surface area contributed by atoms with Gasteiger partial charge in [0.2, 0.25) is 13.6 Å². The number of rotatable bonds is 12. The first-order chi connectivity index (χ1) is 18.3. The van der Waals surface area contributed by atoms with Crippen molar-refractivity contribution in [3.8, 4) is 17.2 Å². The minimum atomic E-state index is -0.638. The molecular formula is C31H38O8. The summed E-state index contributed by atoms with van der Waals surface area (Å²) in [4.78, 5) is 36.6. The lowest BCUT2D eigenvalue weighted by Gasteiger charge is -2.18. The second-order valence-electron chi connectivity index (χ2n) is 10.8. The second-order valence-corrected chi connectivity index (χ2v) is 10.8. The predicted octanol–water partition coefficient (Wildman–Crippen LogP) is 6.17. The van der Waals surface area contributed by atoms with Crippen LogP contribution in [0.3, 0.4) is 0 Å². The molecule has 0 spiro atoms. The molecule has 0 heterocycles. The summed E-state index contributed by atoms with van der Waals surface area (Å²) in [6, 6.07) is 10.0. The number of hydrogen-bond donors (Lipinski definition) is 0.